The van der Waals surface area contributed by atoms with E-state index in [1.807, 2.05) is 0 Å². The van der Waals surface area contributed by atoms with Crippen molar-refractivity contribution in [3.8, 4) is 0 Å². The minimum Gasteiger partial charge on any atom is -0.462 e. The monoisotopic (exact) mass is 150 g/mol. The van der Waals surface area contributed by atoms with Crippen LogP contribution in [0.15, 0.2) is 12.7 Å². The van der Waals surface area contributed by atoms with Crippen molar-refractivity contribution in [1.82, 2.24) is 0 Å². The molecule has 0 aromatic rings. The first-order chi connectivity index (χ1) is 4.66. The van der Waals surface area contributed by atoms with Crippen LogP contribution in [0.4, 0.5) is 8.78 Å². The average Bonchev–Trinajstić information content (AvgIpc) is 1.87. The van der Waals surface area contributed by atoms with Crippen LogP contribution in [0.25, 0.3) is 0 Å². The van der Waals surface area contributed by atoms with Gasteiger partial charge in [0.1, 0.15) is 0 Å². The van der Waals surface area contributed by atoms with E-state index >= 15 is 0 Å². The fourth-order valence-electron chi connectivity index (χ4n) is 0.308. The van der Waals surface area contributed by atoms with E-state index in [4.69, 9.17) is 0 Å². The van der Waals surface area contributed by atoms with Gasteiger partial charge in [-0.2, -0.15) is 0 Å². The highest BCUT2D eigenvalue weighted by Crippen LogP contribution is 1.98. The molecule has 0 saturated carbocycles. The molecule has 0 saturated heterocycles. The van der Waals surface area contributed by atoms with Gasteiger partial charge in [0, 0.05) is 12.5 Å². The molecule has 0 aromatic heterocycles. The van der Waals surface area contributed by atoms with E-state index in [1.54, 1.807) is 0 Å². The molecule has 0 N–H and O–H groups in total. The smallest absolute Gasteiger partial charge is 0.330 e. The summed E-state index contributed by atoms with van der Waals surface area (Å²) in [6, 6.07) is 0. The number of rotatable bonds is 4. The second-order valence-electron chi connectivity index (χ2n) is 1.55. The molecule has 58 valence electrons. The molecule has 0 bridgehead atoms. The van der Waals surface area contributed by atoms with Crippen molar-refractivity contribution in [2.24, 2.45) is 0 Å². The molecule has 10 heavy (non-hydrogen) atoms. The van der Waals surface area contributed by atoms with E-state index in [0.29, 0.717) is 0 Å². The Hall–Kier alpha value is -0.930. The molecule has 0 aliphatic carbocycles. The van der Waals surface area contributed by atoms with Crippen LogP contribution in [-0.2, 0) is 9.53 Å². The van der Waals surface area contributed by atoms with Crippen LogP contribution >= 0.6 is 0 Å². The fraction of sp³-hybridized carbons (Fsp3) is 0.500. The van der Waals surface area contributed by atoms with Gasteiger partial charge in [-0.15, -0.1) is 0 Å². The van der Waals surface area contributed by atoms with Gasteiger partial charge in [-0.05, 0) is 0 Å². The van der Waals surface area contributed by atoms with Crippen molar-refractivity contribution < 1.29 is 18.3 Å². The highest BCUT2D eigenvalue weighted by atomic mass is 19.3. The number of hydrogen-bond donors (Lipinski definition) is 0. The maximum atomic E-state index is 11.4. The summed E-state index contributed by atoms with van der Waals surface area (Å²) in [5.74, 6) is -0.666. The number of esters is 1. The molecule has 0 atom stereocenters. The van der Waals surface area contributed by atoms with Crippen LogP contribution in [-0.4, -0.2) is 19.0 Å². The van der Waals surface area contributed by atoms with Crippen LogP contribution in [0.1, 0.15) is 6.42 Å². The van der Waals surface area contributed by atoms with E-state index in [1.165, 1.54) is 0 Å². The SMILES string of the molecule is C=CC(=O)OCCC(F)F. The lowest BCUT2D eigenvalue weighted by molar-refractivity contribution is -0.138. The summed E-state index contributed by atoms with van der Waals surface area (Å²) < 4.78 is 27.0. The summed E-state index contributed by atoms with van der Waals surface area (Å²) in [4.78, 5) is 10.2. The molecule has 0 heterocycles. The molecule has 0 fully saturated rings. The maximum absolute atomic E-state index is 11.4. The third-order valence-corrected chi connectivity index (χ3v) is 0.747. The molecular weight excluding hydrogens is 142 g/mol. The van der Waals surface area contributed by atoms with Gasteiger partial charge in [0.15, 0.2) is 0 Å². The Kier molecular flexibility index (Phi) is 4.45. The summed E-state index contributed by atoms with van der Waals surface area (Å²) in [6.45, 7) is 2.85. The van der Waals surface area contributed by atoms with Crippen LogP contribution in [0.3, 0.4) is 0 Å². The Balaban J connectivity index is 3.19. The Morgan fingerprint density at radius 2 is 2.30 bits per heavy atom. The van der Waals surface area contributed by atoms with E-state index in [-0.39, 0.29) is 6.61 Å². The normalized spacial score (nSPS) is 9.50. The van der Waals surface area contributed by atoms with Gasteiger partial charge in [-0.1, -0.05) is 6.58 Å². The summed E-state index contributed by atoms with van der Waals surface area (Å²) in [6.07, 6.45) is -1.90. The zero-order valence-electron chi connectivity index (χ0n) is 5.35. The van der Waals surface area contributed by atoms with E-state index < -0.39 is 18.8 Å². The van der Waals surface area contributed by atoms with Gasteiger partial charge < -0.3 is 4.74 Å². The van der Waals surface area contributed by atoms with Gasteiger partial charge in [0.25, 0.3) is 0 Å². The lowest BCUT2D eigenvalue weighted by Crippen LogP contribution is -2.05. The van der Waals surface area contributed by atoms with E-state index in [0.717, 1.165) is 6.08 Å². The van der Waals surface area contributed by atoms with Crippen molar-refractivity contribution in [2.45, 2.75) is 12.8 Å². The fourth-order valence-corrected chi connectivity index (χ4v) is 0.308. The van der Waals surface area contributed by atoms with Crippen molar-refractivity contribution in [3.05, 3.63) is 12.7 Å². The Bertz CT molecular complexity index is 123. The van der Waals surface area contributed by atoms with Crippen molar-refractivity contribution in [1.29, 1.82) is 0 Å². The predicted molar refractivity (Wildman–Crippen MR) is 31.8 cm³/mol. The minimum atomic E-state index is -2.42. The highest BCUT2D eigenvalue weighted by molar-refractivity contribution is 5.81. The number of hydrogen-bond acceptors (Lipinski definition) is 2. The van der Waals surface area contributed by atoms with Gasteiger partial charge >= 0.3 is 5.97 Å². The first kappa shape index (κ1) is 9.07. The molecule has 4 heteroatoms. The van der Waals surface area contributed by atoms with Gasteiger partial charge in [-0.25, -0.2) is 13.6 Å². The predicted octanol–water partition coefficient (Wildman–Crippen LogP) is 1.37. The summed E-state index contributed by atoms with van der Waals surface area (Å²) >= 11 is 0. The van der Waals surface area contributed by atoms with Crippen LogP contribution in [0.2, 0.25) is 0 Å². The van der Waals surface area contributed by atoms with Crippen LogP contribution < -0.4 is 0 Å². The molecule has 0 radical (unpaired) electrons. The second kappa shape index (κ2) is 4.90. The van der Waals surface area contributed by atoms with E-state index in [2.05, 4.69) is 11.3 Å². The van der Waals surface area contributed by atoms with Crippen molar-refractivity contribution >= 4 is 5.97 Å². The lowest BCUT2D eigenvalue weighted by atomic mass is 10.5. The number of ether oxygens (including phenoxy) is 1. The quantitative estimate of drug-likeness (QED) is 0.447. The van der Waals surface area contributed by atoms with Crippen LogP contribution in [0.5, 0.6) is 0 Å². The molecular formula is C6H8F2O2. The zero-order valence-corrected chi connectivity index (χ0v) is 5.35. The first-order valence-corrected chi connectivity index (χ1v) is 2.74. The number of carbonyl (C=O) groups excluding carboxylic acids is 1. The maximum Gasteiger partial charge on any atom is 0.330 e. The topological polar surface area (TPSA) is 26.3 Å². The number of alkyl halides is 2. The molecule has 0 rings (SSSR count). The Morgan fingerprint density at radius 3 is 2.70 bits per heavy atom. The standard InChI is InChI=1S/C6H8F2O2/c1-2-6(9)10-4-3-5(7)8/h2,5H,1,3-4H2. The van der Waals surface area contributed by atoms with Gasteiger partial charge in [0.2, 0.25) is 6.43 Å². The van der Waals surface area contributed by atoms with Gasteiger partial charge in [-0.3, -0.25) is 0 Å². The average molecular weight is 150 g/mol. The molecule has 0 aliphatic rings. The number of halogens is 2. The largest absolute Gasteiger partial charge is 0.462 e. The summed E-state index contributed by atoms with van der Waals surface area (Å²) in [5, 5.41) is 0. The highest BCUT2D eigenvalue weighted by Gasteiger charge is 2.02. The number of carbonyl (C=O) groups is 1. The molecule has 0 unspecified atom stereocenters. The van der Waals surface area contributed by atoms with Crippen molar-refractivity contribution in [3.63, 3.8) is 0 Å². The van der Waals surface area contributed by atoms with Crippen LogP contribution in [0, 0.1) is 0 Å². The first-order valence-electron chi connectivity index (χ1n) is 2.74. The third kappa shape index (κ3) is 5.21. The Labute approximate surface area is 57.5 Å². The second-order valence-corrected chi connectivity index (χ2v) is 1.55. The summed E-state index contributed by atoms with van der Waals surface area (Å²) in [7, 11) is 0. The molecule has 0 aliphatic heterocycles. The van der Waals surface area contributed by atoms with Crippen molar-refractivity contribution in [2.75, 3.05) is 6.61 Å². The third-order valence-electron chi connectivity index (χ3n) is 0.747. The zero-order chi connectivity index (χ0) is 7.98. The summed E-state index contributed by atoms with van der Waals surface area (Å²) in [5.41, 5.74) is 0. The molecule has 0 spiro atoms. The lowest BCUT2D eigenvalue weighted by Gasteiger charge is -1.99. The Morgan fingerprint density at radius 1 is 1.70 bits per heavy atom. The molecule has 0 aromatic carbocycles. The van der Waals surface area contributed by atoms with Gasteiger partial charge in [0.05, 0.1) is 6.61 Å². The molecule has 2 nitrogen and oxygen atoms in total. The van der Waals surface area contributed by atoms with E-state index in [9.17, 15) is 13.6 Å². The molecule has 0 amide bonds. The minimum absolute atomic E-state index is 0.248.